The highest BCUT2D eigenvalue weighted by Gasteiger charge is 2.31. The first-order chi connectivity index (χ1) is 9.65. The molecule has 0 saturated heterocycles. The molecule has 110 valence electrons. The van der Waals surface area contributed by atoms with E-state index in [0.717, 1.165) is 11.7 Å². The van der Waals surface area contributed by atoms with Crippen LogP contribution in [-0.2, 0) is 4.74 Å². The second kappa shape index (κ2) is 6.73. The van der Waals surface area contributed by atoms with Crippen molar-refractivity contribution in [2.24, 2.45) is 11.8 Å². The molecule has 4 heteroatoms. The van der Waals surface area contributed by atoms with E-state index in [4.69, 9.17) is 4.74 Å². The minimum absolute atomic E-state index is 0.313. The third-order valence-corrected chi connectivity index (χ3v) is 4.36. The van der Waals surface area contributed by atoms with Gasteiger partial charge in [-0.2, -0.15) is 0 Å². The molecule has 4 nitrogen and oxygen atoms in total. The van der Waals surface area contributed by atoms with Gasteiger partial charge in [-0.1, -0.05) is 20.3 Å². The Morgan fingerprint density at radius 3 is 2.75 bits per heavy atom. The van der Waals surface area contributed by atoms with Crippen LogP contribution in [0, 0.1) is 11.8 Å². The number of hydrogen-bond donors (Lipinski definition) is 1. The zero-order chi connectivity index (χ0) is 14.5. The molecule has 0 aromatic carbocycles. The fourth-order valence-electron chi connectivity index (χ4n) is 3.03. The van der Waals surface area contributed by atoms with Crippen molar-refractivity contribution in [3.05, 3.63) is 23.9 Å². The Morgan fingerprint density at radius 2 is 2.20 bits per heavy atom. The van der Waals surface area contributed by atoms with Gasteiger partial charge in [-0.15, -0.1) is 0 Å². The number of nitrogens with one attached hydrogen (secondary N) is 1. The average Bonchev–Trinajstić information content (AvgIpc) is 2.80. The number of pyridine rings is 1. The number of aromatic nitrogens is 1. The van der Waals surface area contributed by atoms with E-state index in [1.165, 1.54) is 19.3 Å². The van der Waals surface area contributed by atoms with Crippen LogP contribution in [0.2, 0.25) is 0 Å². The molecule has 1 aliphatic rings. The molecule has 1 N–H and O–H groups in total. The Kier molecular flexibility index (Phi) is 4.99. The summed E-state index contributed by atoms with van der Waals surface area (Å²) in [6.07, 6.45) is 5.31. The molecular weight excluding hydrogens is 252 g/mol. The van der Waals surface area contributed by atoms with Crippen molar-refractivity contribution in [2.45, 2.75) is 46.1 Å². The first-order valence-corrected chi connectivity index (χ1v) is 7.55. The van der Waals surface area contributed by atoms with Crippen LogP contribution >= 0.6 is 0 Å². The Labute approximate surface area is 120 Å². The van der Waals surface area contributed by atoms with Crippen molar-refractivity contribution in [1.29, 1.82) is 0 Å². The number of anilines is 1. The molecule has 3 unspecified atom stereocenters. The van der Waals surface area contributed by atoms with Gasteiger partial charge in [0.15, 0.2) is 0 Å². The Morgan fingerprint density at radius 1 is 1.40 bits per heavy atom. The molecule has 1 fully saturated rings. The molecule has 0 spiro atoms. The summed E-state index contributed by atoms with van der Waals surface area (Å²) in [6, 6.07) is 4.11. The standard InChI is InChI=1S/C16H24N2O2/c1-4-12-6-8-14(11(12)3)18-15-9-7-13(10-17-15)16(19)20-5-2/h7,9-12,14H,4-6,8H2,1-3H3,(H,17,18). The van der Waals surface area contributed by atoms with Crippen LogP contribution in [0.3, 0.4) is 0 Å². The summed E-state index contributed by atoms with van der Waals surface area (Å²) in [6.45, 7) is 6.76. The van der Waals surface area contributed by atoms with E-state index >= 15 is 0 Å². The van der Waals surface area contributed by atoms with Crippen LogP contribution < -0.4 is 5.32 Å². The lowest BCUT2D eigenvalue weighted by atomic mass is 9.93. The number of carbonyl (C=O) groups excluding carboxylic acids is 1. The lowest BCUT2D eigenvalue weighted by Gasteiger charge is -2.21. The molecule has 0 aliphatic heterocycles. The van der Waals surface area contributed by atoms with Gasteiger partial charge >= 0.3 is 5.97 Å². The monoisotopic (exact) mass is 276 g/mol. The molecule has 0 bridgehead atoms. The van der Waals surface area contributed by atoms with Crippen molar-refractivity contribution in [2.75, 3.05) is 11.9 Å². The predicted molar refractivity (Wildman–Crippen MR) is 79.8 cm³/mol. The van der Waals surface area contributed by atoms with Crippen LogP contribution in [0.5, 0.6) is 0 Å². The fraction of sp³-hybridized carbons (Fsp3) is 0.625. The highest BCUT2D eigenvalue weighted by molar-refractivity contribution is 5.89. The number of hydrogen-bond acceptors (Lipinski definition) is 4. The molecule has 1 heterocycles. The van der Waals surface area contributed by atoms with Crippen molar-refractivity contribution in [3.63, 3.8) is 0 Å². The fourth-order valence-corrected chi connectivity index (χ4v) is 3.03. The van der Waals surface area contributed by atoms with Gasteiger partial charge in [0.1, 0.15) is 5.82 Å². The summed E-state index contributed by atoms with van der Waals surface area (Å²) in [7, 11) is 0. The molecule has 20 heavy (non-hydrogen) atoms. The van der Waals surface area contributed by atoms with Gasteiger partial charge in [0.05, 0.1) is 12.2 Å². The van der Waals surface area contributed by atoms with Gasteiger partial charge in [-0.25, -0.2) is 9.78 Å². The normalized spacial score (nSPS) is 25.4. The molecule has 2 rings (SSSR count). The first kappa shape index (κ1) is 14.8. The Hall–Kier alpha value is -1.58. The summed E-state index contributed by atoms with van der Waals surface area (Å²) in [4.78, 5) is 15.9. The SMILES string of the molecule is CCOC(=O)c1ccc(NC2CCC(CC)C2C)nc1. The number of esters is 1. The highest BCUT2D eigenvalue weighted by Crippen LogP contribution is 2.35. The number of ether oxygens (including phenoxy) is 1. The van der Waals surface area contributed by atoms with Crippen LogP contribution in [0.4, 0.5) is 5.82 Å². The lowest BCUT2D eigenvalue weighted by molar-refractivity contribution is 0.0526. The summed E-state index contributed by atoms with van der Waals surface area (Å²) in [5, 5.41) is 3.49. The quantitative estimate of drug-likeness (QED) is 0.836. The lowest BCUT2D eigenvalue weighted by Crippen LogP contribution is -2.25. The maximum atomic E-state index is 11.6. The van der Waals surface area contributed by atoms with Crippen LogP contribution in [0.1, 0.15) is 50.4 Å². The van der Waals surface area contributed by atoms with Crippen molar-refractivity contribution < 1.29 is 9.53 Å². The molecule has 1 aromatic rings. The topological polar surface area (TPSA) is 51.2 Å². The number of nitrogens with zero attached hydrogens (tertiary/aromatic N) is 1. The van der Waals surface area contributed by atoms with Gasteiger partial charge < -0.3 is 10.1 Å². The molecule has 1 aliphatic carbocycles. The third-order valence-electron chi connectivity index (χ3n) is 4.36. The maximum Gasteiger partial charge on any atom is 0.339 e. The average molecular weight is 276 g/mol. The number of rotatable bonds is 5. The van der Waals surface area contributed by atoms with E-state index in [1.807, 2.05) is 6.07 Å². The number of carbonyl (C=O) groups is 1. The highest BCUT2D eigenvalue weighted by atomic mass is 16.5. The van der Waals surface area contributed by atoms with E-state index in [2.05, 4.69) is 24.1 Å². The Bertz CT molecular complexity index is 444. The molecule has 1 saturated carbocycles. The molecular formula is C16H24N2O2. The molecule has 3 atom stereocenters. The first-order valence-electron chi connectivity index (χ1n) is 7.55. The van der Waals surface area contributed by atoms with Gasteiger partial charge in [-0.05, 0) is 43.7 Å². The van der Waals surface area contributed by atoms with E-state index < -0.39 is 0 Å². The molecule has 0 amide bonds. The molecule has 1 aromatic heterocycles. The second-order valence-corrected chi connectivity index (χ2v) is 5.51. The van der Waals surface area contributed by atoms with Gasteiger partial charge in [0.2, 0.25) is 0 Å². The smallest absolute Gasteiger partial charge is 0.339 e. The van der Waals surface area contributed by atoms with E-state index in [-0.39, 0.29) is 5.97 Å². The summed E-state index contributed by atoms with van der Waals surface area (Å²) >= 11 is 0. The van der Waals surface area contributed by atoms with Crippen molar-refractivity contribution in [1.82, 2.24) is 4.98 Å². The van der Waals surface area contributed by atoms with Gasteiger partial charge in [0, 0.05) is 12.2 Å². The third kappa shape index (κ3) is 3.30. The maximum absolute atomic E-state index is 11.6. The van der Waals surface area contributed by atoms with Crippen molar-refractivity contribution in [3.8, 4) is 0 Å². The zero-order valence-electron chi connectivity index (χ0n) is 12.6. The second-order valence-electron chi connectivity index (χ2n) is 5.51. The summed E-state index contributed by atoms with van der Waals surface area (Å²) < 4.78 is 4.95. The predicted octanol–water partition coefficient (Wildman–Crippen LogP) is 3.49. The van der Waals surface area contributed by atoms with Gasteiger partial charge in [0.25, 0.3) is 0 Å². The Balaban J connectivity index is 1.96. The largest absolute Gasteiger partial charge is 0.462 e. The van der Waals surface area contributed by atoms with Crippen molar-refractivity contribution >= 4 is 11.8 Å². The summed E-state index contributed by atoms with van der Waals surface area (Å²) in [5.41, 5.74) is 0.503. The van der Waals surface area contributed by atoms with E-state index in [9.17, 15) is 4.79 Å². The van der Waals surface area contributed by atoms with E-state index in [1.54, 1.807) is 19.2 Å². The minimum atomic E-state index is -0.313. The molecule has 0 radical (unpaired) electrons. The van der Waals surface area contributed by atoms with Crippen LogP contribution in [0.25, 0.3) is 0 Å². The van der Waals surface area contributed by atoms with Crippen LogP contribution in [-0.4, -0.2) is 23.6 Å². The minimum Gasteiger partial charge on any atom is -0.462 e. The van der Waals surface area contributed by atoms with E-state index in [0.29, 0.717) is 24.1 Å². The van der Waals surface area contributed by atoms with Gasteiger partial charge in [-0.3, -0.25) is 0 Å². The zero-order valence-corrected chi connectivity index (χ0v) is 12.6. The summed E-state index contributed by atoms with van der Waals surface area (Å²) in [5.74, 6) is 2.01. The van der Waals surface area contributed by atoms with Crippen LogP contribution in [0.15, 0.2) is 18.3 Å².